The minimum Gasteiger partial charge on any atom is -0.378 e. The van der Waals surface area contributed by atoms with Gasteiger partial charge in [-0.1, -0.05) is 6.08 Å². The summed E-state index contributed by atoms with van der Waals surface area (Å²) in [6.07, 6.45) is 1.90. The smallest absolute Gasteiger partial charge is 0.191 e. The Morgan fingerprint density at radius 2 is 2.27 bits per heavy atom. The van der Waals surface area contributed by atoms with Gasteiger partial charge in [-0.05, 0) is 0 Å². The highest BCUT2D eigenvalue weighted by molar-refractivity contribution is 7.99. The van der Waals surface area contributed by atoms with Gasteiger partial charge in [-0.2, -0.15) is 11.8 Å². The van der Waals surface area contributed by atoms with Gasteiger partial charge >= 0.3 is 0 Å². The molecule has 0 aliphatic carbocycles. The molecule has 0 atom stereocenters. The fraction of sp³-hybridized carbons (Fsp3) is 0.700. The average Bonchev–Trinajstić information content (AvgIpc) is 2.30. The molecule has 0 bridgehead atoms. The molecule has 1 fully saturated rings. The number of ether oxygens (including phenoxy) is 1. The van der Waals surface area contributed by atoms with Gasteiger partial charge in [0.15, 0.2) is 5.96 Å². The summed E-state index contributed by atoms with van der Waals surface area (Å²) in [6, 6.07) is 0. The zero-order chi connectivity index (χ0) is 10.9. The second-order valence-corrected chi connectivity index (χ2v) is 4.35. The molecule has 0 unspecified atom stereocenters. The maximum atomic E-state index is 5.85. The fourth-order valence-corrected chi connectivity index (χ4v) is 1.84. The molecular formula is C10H19N3OS. The molecule has 0 amide bonds. The van der Waals surface area contributed by atoms with Crippen LogP contribution in [0.3, 0.4) is 0 Å². The summed E-state index contributed by atoms with van der Waals surface area (Å²) in [5, 5.41) is 0. The number of thioether (sulfide) groups is 1. The van der Waals surface area contributed by atoms with Gasteiger partial charge in [-0.15, -0.1) is 6.58 Å². The van der Waals surface area contributed by atoms with Gasteiger partial charge in [0.1, 0.15) is 0 Å². The number of guanidine groups is 1. The van der Waals surface area contributed by atoms with Crippen molar-refractivity contribution in [1.29, 1.82) is 0 Å². The van der Waals surface area contributed by atoms with Crippen LogP contribution in [-0.2, 0) is 4.74 Å². The molecule has 0 radical (unpaired) electrons. The van der Waals surface area contributed by atoms with Crippen LogP contribution in [0.25, 0.3) is 0 Å². The summed E-state index contributed by atoms with van der Waals surface area (Å²) < 4.78 is 5.24. The van der Waals surface area contributed by atoms with Gasteiger partial charge in [0.05, 0.1) is 19.8 Å². The topological polar surface area (TPSA) is 50.8 Å². The van der Waals surface area contributed by atoms with E-state index in [9.17, 15) is 0 Å². The van der Waals surface area contributed by atoms with E-state index in [1.165, 1.54) is 0 Å². The van der Waals surface area contributed by atoms with Crippen LogP contribution in [0.15, 0.2) is 17.6 Å². The highest BCUT2D eigenvalue weighted by Gasteiger charge is 2.11. The van der Waals surface area contributed by atoms with Crippen LogP contribution in [0.1, 0.15) is 0 Å². The summed E-state index contributed by atoms with van der Waals surface area (Å²) in [7, 11) is 0. The first-order valence-electron chi connectivity index (χ1n) is 5.16. The van der Waals surface area contributed by atoms with E-state index in [-0.39, 0.29) is 0 Å². The van der Waals surface area contributed by atoms with Crippen LogP contribution < -0.4 is 5.73 Å². The molecule has 0 saturated carbocycles. The van der Waals surface area contributed by atoms with Crippen molar-refractivity contribution in [2.45, 2.75) is 0 Å². The summed E-state index contributed by atoms with van der Waals surface area (Å²) in [5.41, 5.74) is 5.85. The van der Waals surface area contributed by atoms with E-state index >= 15 is 0 Å². The maximum Gasteiger partial charge on any atom is 0.191 e. The first-order valence-corrected chi connectivity index (χ1v) is 6.31. The highest BCUT2D eigenvalue weighted by Crippen LogP contribution is 2.00. The van der Waals surface area contributed by atoms with Crippen LogP contribution in [0.5, 0.6) is 0 Å². The molecule has 0 aromatic carbocycles. The Hall–Kier alpha value is -0.680. The van der Waals surface area contributed by atoms with E-state index in [1.807, 2.05) is 17.8 Å². The quantitative estimate of drug-likeness (QED) is 0.324. The van der Waals surface area contributed by atoms with E-state index in [0.717, 1.165) is 44.4 Å². The molecule has 1 saturated heterocycles. The predicted molar refractivity (Wildman–Crippen MR) is 66.4 cm³/mol. The number of hydrogen-bond donors (Lipinski definition) is 1. The van der Waals surface area contributed by atoms with Crippen molar-refractivity contribution in [1.82, 2.24) is 4.90 Å². The number of nitrogens with two attached hydrogens (primary N) is 1. The van der Waals surface area contributed by atoms with Crippen molar-refractivity contribution in [3.63, 3.8) is 0 Å². The average molecular weight is 229 g/mol. The third-order valence-corrected chi connectivity index (χ3v) is 3.02. The van der Waals surface area contributed by atoms with Gasteiger partial charge in [0.25, 0.3) is 0 Å². The summed E-state index contributed by atoms with van der Waals surface area (Å²) in [6.45, 7) is 7.66. The van der Waals surface area contributed by atoms with Crippen molar-refractivity contribution in [3.8, 4) is 0 Å². The van der Waals surface area contributed by atoms with Crippen molar-refractivity contribution in [2.24, 2.45) is 10.7 Å². The number of nitrogens with zero attached hydrogens (tertiary/aromatic N) is 2. The third kappa shape index (κ3) is 5.09. The first kappa shape index (κ1) is 12.4. The van der Waals surface area contributed by atoms with E-state index in [1.54, 1.807) is 0 Å². The molecule has 4 nitrogen and oxygen atoms in total. The number of hydrogen-bond acceptors (Lipinski definition) is 3. The van der Waals surface area contributed by atoms with Gasteiger partial charge in [-0.3, -0.25) is 4.99 Å². The minimum absolute atomic E-state index is 0.650. The van der Waals surface area contributed by atoms with Crippen molar-refractivity contribution in [3.05, 3.63) is 12.7 Å². The van der Waals surface area contributed by atoms with Crippen molar-refractivity contribution >= 4 is 17.7 Å². The van der Waals surface area contributed by atoms with Gasteiger partial charge in [0, 0.05) is 24.6 Å². The van der Waals surface area contributed by atoms with E-state index in [4.69, 9.17) is 10.5 Å². The van der Waals surface area contributed by atoms with Gasteiger partial charge in [0.2, 0.25) is 0 Å². The Balaban J connectivity index is 2.16. The Labute approximate surface area is 95.6 Å². The molecular weight excluding hydrogens is 210 g/mol. The highest BCUT2D eigenvalue weighted by atomic mass is 32.2. The van der Waals surface area contributed by atoms with E-state index in [0.29, 0.717) is 5.96 Å². The molecule has 86 valence electrons. The van der Waals surface area contributed by atoms with Crippen molar-refractivity contribution in [2.75, 3.05) is 44.4 Å². The van der Waals surface area contributed by atoms with Crippen LogP contribution in [0, 0.1) is 0 Å². The van der Waals surface area contributed by atoms with E-state index in [2.05, 4.69) is 16.5 Å². The molecule has 1 heterocycles. The summed E-state index contributed by atoms with van der Waals surface area (Å²) >= 11 is 1.82. The molecule has 1 aliphatic heterocycles. The summed E-state index contributed by atoms with van der Waals surface area (Å²) in [4.78, 5) is 6.40. The van der Waals surface area contributed by atoms with Crippen LogP contribution in [0.2, 0.25) is 0 Å². The molecule has 2 N–H and O–H groups in total. The molecule has 5 heteroatoms. The van der Waals surface area contributed by atoms with E-state index < -0.39 is 0 Å². The predicted octanol–water partition coefficient (Wildman–Crippen LogP) is 0.552. The maximum absolute atomic E-state index is 5.85. The molecule has 0 aromatic rings. The van der Waals surface area contributed by atoms with Crippen molar-refractivity contribution < 1.29 is 4.74 Å². The number of rotatable bonds is 5. The zero-order valence-electron chi connectivity index (χ0n) is 9.02. The lowest BCUT2D eigenvalue weighted by Gasteiger charge is -2.27. The Morgan fingerprint density at radius 1 is 1.53 bits per heavy atom. The van der Waals surface area contributed by atoms with Crippen LogP contribution >= 0.6 is 11.8 Å². The second-order valence-electron chi connectivity index (χ2n) is 3.20. The van der Waals surface area contributed by atoms with Crippen LogP contribution in [-0.4, -0.2) is 55.2 Å². The molecule has 0 spiro atoms. The van der Waals surface area contributed by atoms with Crippen LogP contribution in [0.4, 0.5) is 0 Å². The normalized spacial score (nSPS) is 17.9. The molecule has 15 heavy (non-hydrogen) atoms. The number of aliphatic imine (C=N–C) groups is 1. The lowest BCUT2D eigenvalue weighted by atomic mass is 10.4. The second kappa shape index (κ2) is 7.59. The Morgan fingerprint density at radius 3 is 2.93 bits per heavy atom. The monoisotopic (exact) mass is 229 g/mol. The Bertz CT molecular complexity index is 215. The summed E-state index contributed by atoms with van der Waals surface area (Å²) in [5.74, 6) is 2.63. The Kier molecular flexibility index (Phi) is 6.27. The lowest BCUT2D eigenvalue weighted by molar-refractivity contribution is 0.0674. The standard InChI is InChI=1S/C10H19N3OS/c1-2-8-15-9-3-12-10(11)13-4-6-14-7-5-13/h2H,1,3-9H2,(H2,11,12). The number of morpholine rings is 1. The SMILES string of the molecule is C=CCSCCN=C(N)N1CCOCC1. The minimum atomic E-state index is 0.650. The molecule has 0 aromatic heterocycles. The largest absolute Gasteiger partial charge is 0.378 e. The van der Waals surface area contributed by atoms with Gasteiger partial charge < -0.3 is 15.4 Å². The molecule has 1 aliphatic rings. The zero-order valence-corrected chi connectivity index (χ0v) is 9.84. The molecule has 1 rings (SSSR count). The fourth-order valence-electron chi connectivity index (χ4n) is 1.28. The lowest BCUT2D eigenvalue weighted by Crippen LogP contribution is -2.44. The van der Waals surface area contributed by atoms with Gasteiger partial charge in [-0.25, -0.2) is 0 Å². The third-order valence-electron chi connectivity index (χ3n) is 2.08. The first-order chi connectivity index (χ1) is 7.34.